The molecule has 1 N–H and O–H groups in total. The molecule has 0 spiro atoms. The van der Waals surface area contributed by atoms with E-state index in [0.717, 1.165) is 51.6 Å². The predicted octanol–water partition coefficient (Wildman–Crippen LogP) is 5.51. The van der Waals surface area contributed by atoms with Crippen LogP contribution in [0, 0.1) is 38.0 Å². The van der Waals surface area contributed by atoms with Gasteiger partial charge in [-0.2, -0.15) is 0 Å². The van der Waals surface area contributed by atoms with Gasteiger partial charge in [-0.15, -0.1) is 0 Å². The van der Waals surface area contributed by atoms with Crippen LogP contribution in [0.4, 0.5) is 0 Å². The lowest BCUT2D eigenvalue weighted by atomic mass is 9.77. The third kappa shape index (κ3) is 9.61. The van der Waals surface area contributed by atoms with Crippen LogP contribution in [0.3, 0.4) is 0 Å². The van der Waals surface area contributed by atoms with Crippen LogP contribution in [0.15, 0.2) is 11.8 Å². The van der Waals surface area contributed by atoms with E-state index in [0.29, 0.717) is 30.1 Å². The molecule has 0 heterocycles. The molecule has 0 bridgehead atoms. The monoisotopic (exact) mass is 532 g/mol. The molecular formula is C24H45BrN4O4. The summed E-state index contributed by atoms with van der Waals surface area (Å²) in [7, 11) is 0. The zero-order valence-corrected chi connectivity index (χ0v) is 22.8. The first-order valence-electron chi connectivity index (χ1n) is 12.7. The standard InChI is InChI=1S/C24H45BrN4O4/c1-6-9-22(26-13-10-18(4)7-2)21-16-20(28(30)31)17-23(29(32)33)24(21)27(15-12-25)14-11-19(5)8-3/h17-22,24,26H,6-16H2,1-5H3. The number of nitrogens with zero attached hydrogens (tertiary/aromatic N) is 3. The van der Waals surface area contributed by atoms with Gasteiger partial charge in [-0.25, -0.2) is 0 Å². The Kier molecular flexibility index (Phi) is 14.3. The maximum atomic E-state index is 12.2. The van der Waals surface area contributed by atoms with Crippen molar-refractivity contribution in [1.29, 1.82) is 0 Å². The van der Waals surface area contributed by atoms with Gasteiger partial charge < -0.3 is 5.32 Å². The van der Waals surface area contributed by atoms with Gasteiger partial charge in [-0.1, -0.05) is 69.8 Å². The topological polar surface area (TPSA) is 102 Å². The molecule has 192 valence electrons. The highest BCUT2D eigenvalue weighted by Gasteiger charge is 2.48. The van der Waals surface area contributed by atoms with E-state index in [9.17, 15) is 20.2 Å². The van der Waals surface area contributed by atoms with Crippen molar-refractivity contribution >= 4 is 15.9 Å². The average Bonchev–Trinajstić information content (AvgIpc) is 2.79. The van der Waals surface area contributed by atoms with E-state index in [-0.39, 0.29) is 27.5 Å². The summed E-state index contributed by atoms with van der Waals surface area (Å²) in [5.41, 5.74) is 0.00267. The predicted molar refractivity (Wildman–Crippen MR) is 138 cm³/mol. The number of nitrogens with one attached hydrogen (secondary N) is 1. The second-order valence-electron chi connectivity index (χ2n) is 9.72. The Labute approximate surface area is 208 Å². The second kappa shape index (κ2) is 15.8. The number of hydrogen-bond acceptors (Lipinski definition) is 6. The number of alkyl halides is 1. The van der Waals surface area contributed by atoms with E-state index < -0.39 is 12.1 Å². The molecule has 0 fully saturated rings. The fourth-order valence-corrected chi connectivity index (χ4v) is 5.19. The van der Waals surface area contributed by atoms with Crippen molar-refractivity contribution in [2.45, 2.75) is 97.7 Å². The summed E-state index contributed by atoms with van der Waals surface area (Å²) >= 11 is 3.53. The molecule has 0 aromatic carbocycles. The Balaban J connectivity index is 3.35. The van der Waals surface area contributed by atoms with Gasteiger partial charge in [0.15, 0.2) is 0 Å². The Hall–Kier alpha value is -1.06. The minimum absolute atomic E-state index is 0.00267. The zero-order chi connectivity index (χ0) is 25.0. The van der Waals surface area contributed by atoms with E-state index in [1.54, 1.807) is 0 Å². The molecule has 1 aliphatic carbocycles. The Morgan fingerprint density at radius 3 is 2.24 bits per heavy atom. The molecule has 0 radical (unpaired) electrons. The largest absolute Gasteiger partial charge is 0.314 e. The zero-order valence-electron chi connectivity index (χ0n) is 21.2. The van der Waals surface area contributed by atoms with Crippen molar-refractivity contribution in [2.75, 3.05) is 25.0 Å². The lowest BCUT2D eigenvalue weighted by Gasteiger charge is -2.41. The molecular weight excluding hydrogens is 488 g/mol. The van der Waals surface area contributed by atoms with Crippen LogP contribution in [0.2, 0.25) is 0 Å². The van der Waals surface area contributed by atoms with Gasteiger partial charge >= 0.3 is 0 Å². The van der Waals surface area contributed by atoms with Gasteiger partial charge in [0.2, 0.25) is 6.04 Å². The molecule has 6 atom stereocenters. The first-order chi connectivity index (χ1) is 15.7. The molecule has 6 unspecified atom stereocenters. The fourth-order valence-electron chi connectivity index (χ4n) is 4.74. The quantitative estimate of drug-likeness (QED) is 0.150. The third-order valence-electron chi connectivity index (χ3n) is 7.30. The van der Waals surface area contributed by atoms with Gasteiger partial charge in [0.25, 0.3) is 5.70 Å². The SMILES string of the molecule is CCCC(NCCC(C)CC)C1CC([N+](=O)[O-])C=C([N+](=O)[O-])C1N(CCBr)CCC(C)CC. The summed E-state index contributed by atoms with van der Waals surface area (Å²) in [6.45, 7) is 13.1. The summed E-state index contributed by atoms with van der Waals surface area (Å²) in [6, 6.07) is -1.43. The van der Waals surface area contributed by atoms with E-state index >= 15 is 0 Å². The van der Waals surface area contributed by atoms with E-state index in [2.05, 4.69) is 60.8 Å². The van der Waals surface area contributed by atoms with Gasteiger partial charge in [-0.3, -0.25) is 25.1 Å². The summed E-state index contributed by atoms with van der Waals surface area (Å²) in [5, 5.41) is 28.3. The summed E-state index contributed by atoms with van der Waals surface area (Å²) in [4.78, 5) is 25.4. The highest BCUT2D eigenvalue weighted by Crippen LogP contribution is 2.35. The van der Waals surface area contributed by atoms with Crippen molar-refractivity contribution in [3.63, 3.8) is 0 Å². The van der Waals surface area contributed by atoms with Crippen LogP contribution in [0.1, 0.15) is 79.6 Å². The Bertz CT molecular complexity index is 634. The second-order valence-corrected chi connectivity index (χ2v) is 10.5. The van der Waals surface area contributed by atoms with Gasteiger partial charge in [0, 0.05) is 35.2 Å². The highest BCUT2D eigenvalue weighted by molar-refractivity contribution is 9.09. The van der Waals surface area contributed by atoms with Crippen LogP contribution in [-0.2, 0) is 0 Å². The molecule has 0 saturated heterocycles. The third-order valence-corrected chi connectivity index (χ3v) is 7.65. The molecule has 0 aromatic rings. The number of hydrogen-bond donors (Lipinski definition) is 1. The van der Waals surface area contributed by atoms with Crippen LogP contribution in [0.25, 0.3) is 0 Å². The van der Waals surface area contributed by atoms with E-state index in [1.807, 2.05) is 0 Å². The lowest BCUT2D eigenvalue weighted by Crippen LogP contribution is -2.55. The van der Waals surface area contributed by atoms with Gasteiger partial charge in [0.1, 0.15) is 6.04 Å². The highest BCUT2D eigenvalue weighted by atomic mass is 79.9. The molecule has 33 heavy (non-hydrogen) atoms. The van der Waals surface area contributed by atoms with Crippen LogP contribution in [-0.4, -0.2) is 57.8 Å². The van der Waals surface area contributed by atoms with Crippen molar-refractivity contribution in [3.8, 4) is 0 Å². The minimum atomic E-state index is -1.01. The number of rotatable bonds is 17. The van der Waals surface area contributed by atoms with Crippen molar-refractivity contribution in [2.24, 2.45) is 17.8 Å². The first-order valence-corrected chi connectivity index (χ1v) is 13.8. The number of nitro groups is 2. The summed E-state index contributed by atoms with van der Waals surface area (Å²) in [6.07, 6.45) is 7.58. The average molecular weight is 534 g/mol. The van der Waals surface area contributed by atoms with E-state index in [1.165, 1.54) is 6.08 Å². The Morgan fingerprint density at radius 1 is 1.09 bits per heavy atom. The van der Waals surface area contributed by atoms with Crippen LogP contribution >= 0.6 is 15.9 Å². The number of halogens is 1. The molecule has 0 aliphatic heterocycles. The molecule has 0 saturated carbocycles. The van der Waals surface area contributed by atoms with Crippen LogP contribution < -0.4 is 5.32 Å². The minimum Gasteiger partial charge on any atom is -0.314 e. The molecule has 1 rings (SSSR count). The molecule has 1 aliphatic rings. The summed E-state index contributed by atoms with van der Waals surface area (Å²) in [5.74, 6) is 0.946. The Morgan fingerprint density at radius 2 is 1.73 bits per heavy atom. The summed E-state index contributed by atoms with van der Waals surface area (Å²) < 4.78 is 0. The lowest BCUT2D eigenvalue weighted by molar-refractivity contribution is -0.518. The first kappa shape index (κ1) is 30.0. The maximum Gasteiger partial charge on any atom is 0.266 e. The van der Waals surface area contributed by atoms with Crippen molar-refractivity contribution in [1.82, 2.24) is 10.2 Å². The molecule has 0 aromatic heterocycles. The maximum absolute atomic E-state index is 12.2. The molecule has 8 nitrogen and oxygen atoms in total. The van der Waals surface area contributed by atoms with Gasteiger partial charge in [-0.05, 0) is 44.2 Å². The fraction of sp³-hybridized carbons (Fsp3) is 0.917. The molecule has 0 amide bonds. The molecule has 9 heteroatoms. The van der Waals surface area contributed by atoms with Crippen LogP contribution in [0.5, 0.6) is 0 Å². The van der Waals surface area contributed by atoms with Crippen molar-refractivity contribution in [3.05, 3.63) is 32.0 Å². The van der Waals surface area contributed by atoms with E-state index in [4.69, 9.17) is 0 Å². The smallest absolute Gasteiger partial charge is 0.266 e. The normalized spacial score (nSPS) is 23.7. The van der Waals surface area contributed by atoms with Crippen molar-refractivity contribution < 1.29 is 9.85 Å². The van der Waals surface area contributed by atoms with Gasteiger partial charge in [0.05, 0.1) is 11.0 Å².